The lowest BCUT2D eigenvalue weighted by Gasteiger charge is -2.26. The Labute approximate surface area is 119 Å². The van der Waals surface area contributed by atoms with Crippen LogP contribution < -0.4 is 0 Å². The molecule has 106 valence electrons. The van der Waals surface area contributed by atoms with Crippen molar-refractivity contribution in [3.05, 3.63) is 42.2 Å². The number of ether oxygens (including phenoxy) is 1. The summed E-state index contributed by atoms with van der Waals surface area (Å²) in [5.41, 5.74) is 2.43. The van der Waals surface area contributed by atoms with Gasteiger partial charge in [0.15, 0.2) is 0 Å². The van der Waals surface area contributed by atoms with Crippen molar-refractivity contribution >= 4 is 0 Å². The SMILES string of the molecule is c1cn(-c2ccc(CCCN3CCOCC3)cc2)nn1. The first kappa shape index (κ1) is 13.3. The third kappa shape index (κ3) is 3.43. The monoisotopic (exact) mass is 272 g/mol. The highest BCUT2D eigenvalue weighted by molar-refractivity contribution is 5.33. The maximum Gasteiger partial charge on any atom is 0.0697 e. The van der Waals surface area contributed by atoms with E-state index in [-0.39, 0.29) is 0 Å². The molecule has 0 atom stereocenters. The Bertz CT molecular complexity index is 503. The van der Waals surface area contributed by atoms with Gasteiger partial charge in [0, 0.05) is 13.1 Å². The molecule has 0 spiro atoms. The van der Waals surface area contributed by atoms with E-state index >= 15 is 0 Å². The predicted octanol–water partition coefficient (Wildman–Crippen LogP) is 1.53. The quantitative estimate of drug-likeness (QED) is 0.828. The van der Waals surface area contributed by atoms with E-state index in [0.29, 0.717) is 0 Å². The Kier molecular flexibility index (Phi) is 4.40. The van der Waals surface area contributed by atoms with Gasteiger partial charge in [0.2, 0.25) is 0 Å². The van der Waals surface area contributed by atoms with Crippen LogP contribution in [-0.2, 0) is 11.2 Å². The molecule has 1 aliphatic heterocycles. The van der Waals surface area contributed by atoms with Gasteiger partial charge in [-0.15, -0.1) is 5.10 Å². The second kappa shape index (κ2) is 6.63. The van der Waals surface area contributed by atoms with Gasteiger partial charge in [0.25, 0.3) is 0 Å². The van der Waals surface area contributed by atoms with Crippen LogP contribution in [0.3, 0.4) is 0 Å². The van der Waals surface area contributed by atoms with Crippen molar-refractivity contribution in [1.29, 1.82) is 0 Å². The molecule has 0 bridgehead atoms. The van der Waals surface area contributed by atoms with E-state index in [1.807, 2.05) is 6.20 Å². The minimum absolute atomic E-state index is 0.882. The molecule has 20 heavy (non-hydrogen) atoms. The molecule has 5 heteroatoms. The van der Waals surface area contributed by atoms with Crippen molar-refractivity contribution in [1.82, 2.24) is 19.9 Å². The topological polar surface area (TPSA) is 43.2 Å². The fraction of sp³-hybridized carbons (Fsp3) is 0.467. The van der Waals surface area contributed by atoms with Gasteiger partial charge in [-0.3, -0.25) is 4.90 Å². The minimum atomic E-state index is 0.882. The standard InChI is InChI=1S/C15H20N4O/c1(8-18-10-12-20-13-11-18)2-14-3-5-15(6-4-14)19-9-7-16-17-19/h3-7,9H,1-2,8,10-13H2. The summed E-state index contributed by atoms with van der Waals surface area (Å²) >= 11 is 0. The lowest BCUT2D eigenvalue weighted by Crippen LogP contribution is -2.36. The zero-order chi connectivity index (χ0) is 13.6. The minimum Gasteiger partial charge on any atom is -0.379 e. The normalized spacial score (nSPS) is 16.4. The van der Waals surface area contributed by atoms with Gasteiger partial charge in [0.1, 0.15) is 0 Å². The molecule has 0 N–H and O–H groups in total. The number of hydrogen-bond donors (Lipinski definition) is 0. The van der Waals surface area contributed by atoms with Crippen molar-refractivity contribution < 1.29 is 4.74 Å². The lowest BCUT2D eigenvalue weighted by atomic mass is 10.1. The van der Waals surface area contributed by atoms with Gasteiger partial charge in [0.05, 0.1) is 31.3 Å². The zero-order valence-corrected chi connectivity index (χ0v) is 11.6. The van der Waals surface area contributed by atoms with Crippen LogP contribution in [0.1, 0.15) is 12.0 Å². The molecule has 1 aromatic carbocycles. The van der Waals surface area contributed by atoms with Crippen molar-refractivity contribution in [3.8, 4) is 5.69 Å². The van der Waals surface area contributed by atoms with E-state index in [1.165, 1.54) is 12.0 Å². The molecule has 0 radical (unpaired) electrons. The molecule has 0 amide bonds. The maximum atomic E-state index is 5.36. The van der Waals surface area contributed by atoms with Crippen LogP contribution in [0.2, 0.25) is 0 Å². The second-order valence-corrected chi connectivity index (χ2v) is 5.07. The first-order valence-electron chi connectivity index (χ1n) is 7.17. The molecule has 2 heterocycles. The first-order valence-corrected chi connectivity index (χ1v) is 7.17. The number of aryl methyl sites for hydroxylation is 1. The zero-order valence-electron chi connectivity index (χ0n) is 11.6. The van der Waals surface area contributed by atoms with Gasteiger partial charge in [-0.05, 0) is 37.1 Å². The van der Waals surface area contributed by atoms with Gasteiger partial charge < -0.3 is 4.74 Å². The summed E-state index contributed by atoms with van der Waals surface area (Å²) in [6.07, 6.45) is 5.86. The van der Waals surface area contributed by atoms with Crippen LogP contribution in [-0.4, -0.2) is 52.7 Å². The van der Waals surface area contributed by atoms with Crippen molar-refractivity contribution in [2.75, 3.05) is 32.8 Å². The predicted molar refractivity (Wildman–Crippen MR) is 76.9 cm³/mol. The average molecular weight is 272 g/mol. The molecule has 2 aromatic rings. The number of nitrogens with zero attached hydrogens (tertiary/aromatic N) is 4. The summed E-state index contributed by atoms with van der Waals surface area (Å²) < 4.78 is 7.13. The molecule has 1 fully saturated rings. The summed E-state index contributed by atoms with van der Waals surface area (Å²) in [6.45, 7) is 5.07. The van der Waals surface area contributed by atoms with E-state index in [4.69, 9.17) is 4.74 Å². The second-order valence-electron chi connectivity index (χ2n) is 5.07. The van der Waals surface area contributed by atoms with Crippen molar-refractivity contribution in [3.63, 3.8) is 0 Å². The van der Waals surface area contributed by atoms with Crippen LogP contribution >= 0.6 is 0 Å². The molecule has 1 saturated heterocycles. The molecule has 5 nitrogen and oxygen atoms in total. The van der Waals surface area contributed by atoms with E-state index in [9.17, 15) is 0 Å². The Morgan fingerprint density at radius 3 is 2.60 bits per heavy atom. The molecular formula is C15H20N4O. The summed E-state index contributed by atoms with van der Waals surface area (Å²) in [5.74, 6) is 0. The Hall–Kier alpha value is -1.72. The van der Waals surface area contributed by atoms with Gasteiger partial charge in [-0.1, -0.05) is 17.3 Å². The fourth-order valence-electron chi connectivity index (χ4n) is 2.49. The molecule has 3 rings (SSSR count). The number of hydrogen-bond acceptors (Lipinski definition) is 4. The van der Waals surface area contributed by atoms with Crippen molar-refractivity contribution in [2.45, 2.75) is 12.8 Å². The molecule has 1 aromatic heterocycles. The smallest absolute Gasteiger partial charge is 0.0697 e. The first-order chi connectivity index (χ1) is 9.92. The Balaban J connectivity index is 1.48. The molecular weight excluding hydrogens is 252 g/mol. The van der Waals surface area contributed by atoms with E-state index < -0.39 is 0 Å². The highest BCUT2D eigenvalue weighted by atomic mass is 16.5. The van der Waals surface area contributed by atoms with Crippen LogP contribution in [0.4, 0.5) is 0 Å². The third-order valence-electron chi connectivity index (χ3n) is 3.67. The van der Waals surface area contributed by atoms with Crippen LogP contribution in [0, 0.1) is 0 Å². The average Bonchev–Trinajstić information content (AvgIpc) is 3.03. The number of aromatic nitrogens is 3. The maximum absolute atomic E-state index is 5.36. The summed E-state index contributed by atoms with van der Waals surface area (Å²) in [6, 6.07) is 8.55. The molecule has 0 saturated carbocycles. The van der Waals surface area contributed by atoms with E-state index in [0.717, 1.165) is 45.0 Å². The molecule has 1 aliphatic rings. The van der Waals surface area contributed by atoms with Crippen molar-refractivity contribution in [2.24, 2.45) is 0 Å². The lowest BCUT2D eigenvalue weighted by molar-refractivity contribution is 0.0375. The summed E-state index contributed by atoms with van der Waals surface area (Å²) in [4.78, 5) is 2.48. The van der Waals surface area contributed by atoms with Gasteiger partial charge in [-0.2, -0.15) is 0 Å². The summed E-state index contributed by atoms with van der Waals surface area (Å²) in [7, 11) is 0. The Morgan fingerprint density at radius 1 is 1.10 bits per heavy atom. The highest BCUT2D eigenvalue weighted by Gasteiger charge is 2.09. The molecule has 0 aliphatic carbocycles. The number of rotatable bonds is 5. The van der Waals surface area contributed by atoms with Crippen LogP contribution in [0.15, 0.2) is 36.7 Å². The summed E-state index contributed by atoms with van der Waals surface area (Å²) in [5, 5.41) is 7.81. The number of benzene rings is 1. The van der Waals surface area contributed by atoms with Crippen LogP contribution in [0.5, 0.6) is 0 Å². The van der Waals surface area contributed by atoms with E-state index in [1.54, 1.807) is 10.9 Å². The third-order valence-corrected chi connectivity index (χ3v) is 3.67. The van der Waals surface area contributed by atoms with Crippen LogP contribution in [0.25, 0.3) is 5.69 Å². The Morgan fingerprint density at radius 2 is 1.90 bits per heavy atom. The van der Waals surface area contributed by atoms with Gasteiger partial charge >= 0.3 is 0 Å². The molecule has 0 unspecified atom stereocenters. The highest BCUT2D eigenvalue weighted by Crippen LogP contribution is 2.10. The van der Waals surface area contributed by atoms with E-state index in [2.05, 4.69) is 39.5 Å². The largest absolute Gasteiger partial charge is 0.379 e. The number of morpholine rings is 1. The van der Waals surface area contributed by atoms with Gasteiger partial charge in [-0.25, -0.2) is 4.68 Å². The fourth-order valence-corrected chi connectivity index (χ4v) is 2.49.